The second-order valence-electron chi connectivity index (χ2n) is 23.4. The second-order valence-corrected chi connectivity index (χ2v) is 24.9. The number of alkyl halides is 6. The SMILES string of the molecule is O=C1C[C@]2(C(=O)O)C[C@H]2/C=C\CCCCC[C@H](Cc2cc(F)cc(C(F)(F)F)c2)C(=O)N2C[C@H](O)C[C@@H]12.O=C1C[C@]2(C(=O)O)C[C@H]2/C=C\CCCCC[C@H](Cc2cc(F)cc(C(F)(F)F)c2)C(=O)N2C[C@H](Oc3nc4ccc(Cl)cc4s3)C[C@@H]12. The number of aliphatic carboxylic acids is 2. The molecule has 2 saturated carbocycles. The quantitative estimate of drug-likeness (QED) is 0.112. The van der Waals surface area contributed by atoms with Crippen molar-refractivity contribution in [3.05, 3.63) is 118 Å². The van der Waals surface area contributed by atoms with Gasteiger partial charge in [-0.15, -0.1) is 0 Å². The number of rotatable bonds is 8. The lowest BCUT2D eigenvalue weighted by molar-refractivity contribution is -0.148. The van der Waals surface area contributed by atoms with Crippen molar-refractivity contribution >= 4 is 68.5 Å². The molecule has 2 aliphatic carbocycles. The molecular formula is C61H64ClF8N3O10S. The van der Waals surface area contributed by atoms with Crippen molar-refractivity contribution in [3.63, 3.8) is 0 Å². The van der Waals surface area contributed by atoms with Gasteiger partial charge in [-0.25, -0.2) is 13.8 Å². The number of thiazole rings is 1. The number of benzene rings is 3. The molecule has 3 N–H and O–H groups in total. The molecule has 0 radical (unpaired) electrons. The first kappa shape index (κ1) is 62.3. The Morgan fingerprint density at radius 3 is 1.64 bits per heavy atom. The van der Waals surface area contributed by atoms with Gasteiger partial charge in [-0.05, 0) is 142 Å². The fourth-order valence-electron chi connectivity index (χ4n) is 12.7. The van der Waals surface area contributed by atoms with E-state index in [-0.39, 0.29) is 74.6 Å². The molecule has 4 aliphatic heterocycles. The summed E-state index contributed by atoms with van der Waals surface area (Å²) in [6, 6.07) is 7.71. The van der Waals surface area contributed by atoms with Crippen LogP contribution in [0.5, 0.6) is 5.19 Å². The number of ether oxygens (including phenoxy) is 1. The van der Waals surface area contributed by atoms with E-state index >= 15 is 0 Å². The molecule has 4 aromatic rings. The standard InChI is InChI=1S/C34H33ClF4N2O5S.C27H31F4NO5/c35-23-8-9-26-29(14-23)47-32(40-26)46-25-15-27-28(42)17-33(31(44)45)16-21(33)7-5-3-1-2-4-6-20(30(43)41(27)18-25)10-19-11-22(34(37,38)39)13-24(36)12-19;28-20-10-16(9-19(11-20)27(29,30)31)8-17-6-4-2-1-3-5-7-18-13-26(18,25(36)37)14-23(34)22-12-21(33)15-32(22)24(17)35/h5,7-9,11-14,20-21,25,27H,1-4,6,10,15-18H2,(H,44,45);5,7,9-11,17-18,21-22,33H,1-4,6,8,12-15H2,(H,36,37)/b2*7-5-/t20-,21-,25-,27+,33-;17-,18-,21-,22+,26-/m11/s1. The Morgan fingerprint density at radius 2 is 1.15 bits per heavy atom. The number of allylic oxidation sites excluding steroid dienone is 4. The van der Waals surface area contributed by atoms with Crippen LogP contribution in [0.3, 0.4) is 0 Å². The predicted molar refractivity (Wildman–Crippen MR) is 293 cm³/mol. The van der Waals surface area contributed by atoms with Crippen molar-refractivity contribution in [3.8, 4) is 5.19 Å². The van der Waals surface area contributed by atoms with Gasteiger partial charge in [0.05, 0.1) is 56.9 Å². The summed E-state index contributed by atoms with van der Waals surface area (Å²) < 4.78 is 116. The van der Waals surface area contributed by atoms with Gasteiger partial charge in [-0.3, -0.25) is 28.8 Å². The predicted octanol–water partition coefficient (Wildman–Crippen LogP) is 12.4. The Balaban J connectivity index is 0.000000208. The number of carboxylic acids is 2. The van der Waals surface area contributed by atoms with Gasteiger partial charge >= 0.3 is 24.3 Å². The molecule has 5 heterocycles. The Labute approximate surface area is 488 Å². The highest BCUT2D eigenvalue weighted by atomic mass is 35.5. The number of Topliss-reactive ketones (excluding diaryl/α,β-unsaturated/α-hetero) is 2. The maximum atomic E-state index is 14.3. The van der Waals surface area contributed by atoms with Crippen LogP contribution in [0.2, 0.25) is 5.02 Å². The molecule has 13 nitrogen and oxygen atoms in total. The van der Waals surface area contributed by atoms with Crippen LogP contribution in [0, 0.1) is 46.1 Å². The Hall–Kier alpha value is -6.26. The lowest BCUT2D eigenvalue weighted by Crippen LogP contribution is -2.45. The van der Waals surface area contributed by atoms with E-state index in [1.165, 1.54) is 21.1 Å². The average molecular weight is 1220 g/mol. The third kappa shape index (κ3) is 14.5. The first-order valence-electron chi connectivity index (χ1n) is 28.3. The topological polar surface area (TPSA) is 192 Å². The highest BCUT2D eigenvalue weighted by Gasteiger charge is 2.62. The van der Waals surface area contributed by atoms with Crippen LogP contribution in [0.25, 0.3) is 10.2 Å². The largest absolute Gasteiger partial charge is 0.481 e. The number of hydrogen-bond donors (Lipinski definition) is 3. The zero-order chi connectivity index (χ0) is 60.5. The number of aliphatic hydroxyl groups excluding tert-OH is 1. The molecule has 452 valence electrons. The smallest absolute Gasteiger partial charge is 0.416 e. The molecule has 2 saturated heterocycles. The summed E-state index contributed by atoms with van der Waals surface area (Å²) in [7, 11) is 0. The molecule has 0 unspecified atom stereocenters. The fourth-order valence-corrected chi connectivity index (χ4v) is 13.8. The van der Waals surface area contributed by atoms with Crippen LogP contribution in [-0.4, -0.2) is 103 Å². The molecule has 1 aromatic heterocycles. The number of nitrogens with zero attached hydrogens (tertiary/aromatic N) is 3. The van der Waals surface area contributed by atoms with E-state index in [1.807, 2.05) is 24.3 Å². The minimum atomic E-state index is -4.76. The van der Waals surface area contributed by atoms with Gasteiger partial charge in [0, 0.05) is 49.1 Å². The number of amides is 2. The third-order valence-corrected chi connectivity index (χ3v) is 18.5. The molecule has 3 aromatic carbocycles. The van der Waals surface area contributed by atoms with Crippen molar-refractivity contribution in [1.82, 2.24) is 14.8 Å². The van der Waals surface area contributed by atoms with E-state index < -0.39 is 117 Å². The normalized spacial score (nSPS) is 29.8. The molecule has 0 spiro atoms. The summed E-state index contributed by atoms with van der Waals surface area (Å²) in [6.07, 6.45) is 2.63. The number of aromatic nitrogens is 1. The van der Waals surface area contributed by atoms with Gasteiger partial charge in [0.25, 0.3) is 5.19 Å². The first-order chi connectivity index (χ1) is 39.7. The molecule has 84 heavy (non-hydrogen) atoms. The highest BCUT2D eigenvalue weighted by Crippen LogP contribution is 2.58. The van der Waals surface area contributed by atoms with Gasteiger partial charge < -0.3 is 29.9 Å². The molecule has 2 amide bonds. The van der Waals surface area contributed by atoms with E-state index in [2.05, 4.69) is 4.98 Å². The maximum absolute atomic E-state index is 14.3. The van der Waals surface area contributed by atoms with Crippen molar-refractivity contribution < 1.29 is 83.9 Å². The fraction of sp³-hybridized carbons (Fsp3) is 0.525. The summed E-state index contributed by atoms with van der Waals surface area (Å²) in [6.45, 7) is -0.116. The van der Waals surface area contributed by atoms with Gasteiger partial charge in [-0.2, -0.15) is 26.3 Å². The molecule has 23 heteroatoms. The van der Waals surface area contributed by atoms with Crippen molar-refractivity contribution in [2.75, 3.05) is 13.1 Å². The number of hydrogen-bond acceptors (Lipinski definition) is 10. The van der Waals surface area contributed by atoms with E-state index in [0.29, 0.717) is 79.2 Å². The minimum absolute atomic E-state index is 0.00275. The highest BCUT2D eigenvalue weighted by molar-refractivity contribution is 7.20. The summed E-state index contributed by atoms with van der Waals surface area (Å²) in [5.74, 6) is -8.22. The molecule has 4 fully saturated rings. The van der Waals surface area contributed by atoms with Gasteiger partial charge in [0.1, 0.15) is 17.7 Å². The van der Waals surface area contributed by atoms with Crippen LogP contribution in [0.1, 0.15) is 125 Å². The molecule has 0 bridgehead atoms. The average Bonchev–Trinajstić information content (AvgIpc) is 2.85. The van der Waals surface area contributed by atoms with E-state index in [1.54, 1.807) is 18.2 Å². The van der Waals surface area contributed by atoms with E-state index in [9.17, 15) is 79.2 Å². The van der Waals surface area contributed by atoms with Gasteiger partial charge in [0.2, 0.25) is 11.8 Å². The molecule has 10 rings (SSSR count). The van der Waals surface area contributed by atoms with E-state index in [0.717, 1.165) is 54.6 Å². The van der Waals surface area contributed by atoms with Crippen LogP contribution >= 0.6 is 22.9 Å². The lowest BCUT2D eigenvalue weighted by atomic mass is 9.90. The Bertz CT molecular complexity index is 3220. The van der Waals surface area contributed by atoms with Gasteiger partial charge in [-0.1, -0.05) is 72.9 Å². The van der Waals surface area contributed by atoms with E-state index in [4.69, 9.17) is 16.3 Å². The van der Waals surface area contributed by atoms with Crippen molar-refractivity contribution in [2.45, 2.75) is 152 Å². The molecular weight excluding hydrogens is 1150 g/mol. The van der Waals surface area contributed by atoms with Crippen LogP contribution in [-0.2, 0) is 54.0 Å². The number of halogens is 9. The van der Waals surface area contributed by atoms with Crippen molar-refractivity contribution in [1.29, 1.82) is 0 Å². The second kappa shape index (κ2) is 25.4. The number of ketones is 2. The summed E-state index contributed by atoms with van der Waals surface area (Å²) in [5, 5.41) is 31.1. The minimum Gasteiger partial charge on any atom is -0.481 e. The Morgan fingerprint density at radius 1 is 0.667 bits per heavy atom. The maximum Gasteiger partial charge on any atom is 0.416 e. The molecule has 10 atom stereocenters. The first-order valence-corrected chi connectivity index (χ1v) is 29.5. The number of fused-ring (bicyclic) bond motifs is 5. The van der Waals surface area contributed by atoms with Crippen LogP contribution in [0.15, 0.2) is 78.9 Å². The lowest BCUT2D eigenvalue weighted by Gasteiger charge is -2.29. The monoisotopic (exact) mass is 1220 g/mol. The van der Waals surface area contributed by atoms with Crippen LogP contribution in [0.4, 0.5) is 35.1 Å². The summed E-state index contributed by atoms with van der Waals surface area (Å²) in [5.41, 5.74) is -4.01. The number of carbonyl (C=O) groups is 6. The number of aliphatic hydroxyl groups is 1. The zero-order valence-electron chi connectivity index (χ0n) is 45.6. The zero-order valence-corrected chi connectivity index (χ0v) is 47.2. The summed E-state index contributed by atoms with van der Waals surface area (Å²) >= 11 is 7.38. The number of carbonyl (C=O) groups excluding carboxylic acids is 4. The van der Waals surface area contributed by atoms with Gasteiger partial charge in [0.15, 0.2) is 11.6 Å². The Kier molecular flexibility index (Phi) is 18.8. The third-order valence-electron chi connectivity index (χ3n) is 17.4. The summed E-state index contributed by atoms with van der Waals surface area (Å²) in [4.78, 5) is 86.7. The molecule has 6 aliphatic rings. The van der Waals surface area contributed by atoms with Crippen molar-refractivity contribution in [2.24, 2.45) is 34.5 Å². The number of carboxylic acid groups (broad SMARTS) is 2. The van der Waals surface area contributed by atoms with Crippen LogP contribution < -0.4 is 4.74 Å².